The van der Waals surface area contributed by atoms with E-state index >= 15 is 0 Å². The molecular weight excluding hydrogens is 128 g/mol. The Morgan fingerprint density at radius 1 is 1.90 bits per heavy atom. The van der Waals surface area contributed by atoms with Crippen molar-refractivity contribution in [1.82, 2.24) is 0 Å². The highest BCUT2D eigenvalue weighted by atomic mass is 16.5. The number of hydrogen-bond acceptors (Lipinski definition) is 2. The average molecular weight is 142 g/mol. The normalized spacial score (nSPS) is 27.1. The third-order valence-corrected chi connectivity index (χ3v) is 1.85. The van der Waals surface area contributed by atoms with Crippen molar-refractivity contribution in [2.24, 2.45) is 0 Å². The van der Waals surface area contributed by atoms with Crippen molar-refractivity contribution in [2.75, 3.05) is 13.7 Å². The van der Waals surface area contributed by atoms with Gasteiger partial charge in [-0.05, 0) is 6.42 Å². The fraction of sp³-hybridized carbons (Fsp3) is 0.750. The van der Waals surface area contributed by atoms with Gasteiger partial charge in [0.05, 0.1) is 12.2 Å². The standard InChI is InChI=1S/C8H14O2/c1-3-7(9-2)6-8-4-5-10-8/h3,7-8H,1,4-6H2,2H3. The molecule has 0 N–H and O–H groups in total. The van der Waals surface area contributed by atoms with Gasteiger partial charge in [0.1, 0.15) is 0 Å². The van der Waals surface area contributed by atoms with Gasteiger partial charge >= 0.3 is 0 Å². The molecule has 0 radical (unpaired) electrons. The van der Waals surface area contributed by atoms with E-state index in [4.69, 9.17) is 9.47 Å². The van der Waals surface area contributed by atoms with Gasteiger partial charge in [-0.25, -0.2) is 0 Å². The Labute approximate surface area is 61.8 Å². The third kappa shape index (κ3) is 1.82. The first-order valence-corrected chi connectivity index (χ1v) is 3.63. The molecule has 58 valence electrons. The quantitative estimate of drug-likeness (QED) is 0.552. The second-order valence-corrected chi connectivity index (χ2v) is 2.53. The van der Waals surface area contributed by atoms with Crippen molar-refractivity contribution in [3.05, 3.63) is 12.7 Å². The van der Waals surface area contributed by atoms with E-state index in [1.807, 2.05) is 6.08 Å². The van der Waals surface area contributed by atoms with Crippen LogP contribution in [0, 0.1) is 0 Å². The molecule has 2 atom stereocenters. The number of hydrogen-bond donors (Lipinski definition) is 0. The van der Waals surface area contributed by atoms with Crippen LogP contribution < -0.4 is 0 Å². The second-order valence-electron chi connectivity index (χ2n) is 2.53. The summed E-state index contributed by atoms with van der Waals surface area (Å²) in [5.41, 5.74) is 0. The smallest absolute Gasteiger partial charge is 0.0774 e. The van der Waals surface area contributed by atoms with E-state index in [-0.39, 0.29) is 6.10 Å². The molecule has 0 aliphatic carbocycles. The van der Waals surface area contributed by atoms with Crippen LogP contribution in [0.2, 0.25) is 0 Å². The van der Waals surface area contributed by atoms with Crippen molar-refractivity contribution >= 4 is 0 Å². The molecule has 2 unspecified atom stereocenters. The SMILES string of the molecule is C=CC(CC1CCO1)OC. The summed E-state index contributed by atoms with van der Waals surface area (Å²) in [5, 5.41) is 0. The molecule has 0 aromatic heterocycles. The summed E-state index contributed by atoms with van der Waals surface area (Å²) in [6.45, 7) is 4.58. The Balaban J connectivity index is 2.13. The zero-order chi connectivity index (χ0) is 7.40. The largest absolute Gasteiger partial charge is 0.378 e. The van der Waals surface area contributed by atoms with Crippen LogP contribution in [0.15, 0.2) is 12.7 Å². The molecule has 10 heavy (non-hydrogen) atoms. The topological polar surface area (TPSA) is 18.5 Å². The lowest BCUT2D eigenvalue weighted by Gasteiger charge is -2.28. The van der Waals surface area contributed by atoms with Crippen LogP contribution in [0.3, 0.4) is 0 Å². The predicted molar refractivity (Wildman–Crippen MR) is 40.0 cm³/mol. The van der Waals surface area contributed by atoms with Gasteiger partial charge in [0.2, 0.25) is 0 Å². The van der Waals surface area contributed by atoms with Gasteiger partial charge in [0, 0.05) is 20.1 Å². The molecule has 1 fully saturated rings. The molecule has 0 bridgehead atoms. The van der Waals surface area contributed by atoms with Gasteiger partial charge in [-0.2, -0.15) is 0 Å². The molecule has 1 heterocycles. The van der Waals surface area contributed by atoms with Gasteiger partial charge in [0.15, 0.2) is 0 Å². The highest BCUT2D eigenvalue weighted by molar-refractivity contribution is 4.84. The average Bonchev–Trinajstić information content (AvgIpc) is 1.87. The highest BCUT2D eigenvalue weighted by Gasteiger charge is 2.20. The zero-order valence-electron chi connectivity index (χ0n) is 6.38. The van der Waals surface area contributed by atoms with E-state index in [1.165, 1.54) is 6.42 Å². The Morgan fingerprint density at radius 3 is 2.90 bits per heavy atom. The fourth-order valence-corrected chi connectivity index (χ4v) is 1.02. The Bertz CT molecular complexity index is 108. The minimum atomic E-state index is 0.172. The fourth-order valence-electron chi connectivity index (χ4n) is 1.02. The Kier molecular flexibility index (Phi) is 2.90. The summed E-state index contributed by atoms with van der Waals surface area (Å²) < 4.78 is 10.3. The van der Waals surface area contributed by atoms with Crippen LogP contribution in [0.5, 0.6) is 0 Å². The molecular formula is C8H14O2. The van der Waals surface area contributed by atoms with Gasteiger partial charge in [-0.1, -0.05) is 6.08 Å². The van der Waals surface area contributed by atoms with Crippen LogP contribution in [0.1, 0.15) is 12.8 Å². The number of rotatable bonds is 4. The lowest BCUT2D eigenvalue weighted by atomic mass is 10.1. The van der Waals surface area contributed by atoms with Crippen LogP contribution >= 0.6 is 0 Å². The minimum Gasteiger partial charge on any atom is -0.378 e. The molecule has 0 saturated carbocycles. The minimum absolute atomic E-state index is 0.172. The molecule has 2 heteroatoms. The summed E-state index contributed by atoms with van der Waals surface area (Å²) >= 11 is 0. The van der Waals surface area contributed by atoms with E-state index in [2.05, 4.69) is 6.58 Å². The second kappa shape index (κ2) is 3.74. The summed E-state index contributed by atoms with van der Waals surface area (Å²) in [7, 11) is 1.70. The molecule has 1 aliphatic heterocycles. The molecule has 0 aromatic carbocycles. The highest BCUT2D eigenvalue weighted by Crippen LogP contribution is 2.17. The maximum Gasteiger partial charge on any atom is 0.0774 e. The Hall–Kier alpha value is -0.340. The van der Waals surface area contributed by atoms with E-state index in [0.29, 0.717) is 6.10 Å². The Morgan fingerprint density at radius 2 is 2.60 bits per heavy atom. The van der Waals surface area contributed by atoms with Gasteiger partial charge < -0.3 is 9.47 Å². The monoisotopic (exact) mass is 142 g/mol. The number of ether oxygens (including phenoxy) is 2. The van der Waals surface area contributed by atoms with Gasteiger partial charge in [0.25, 0.3) is 0 Å². The summed E-state index contributed by atoms with van der Waals surface area (Å²) in [5.74, 6) is 0. The van der Waals surface area contributed by atoms with E-state index < -0.39 is 0 Å². The molecule has 0 amide bonds. The molecule has 0 aromatic rings. The van der Waals surface area contributed by atoms with Crippen molar-refractivity contribution in [2.45, 2.75) is 25.0 Å². The lowest BCUT2D eigenvalue weighted by molar-refractivity contribution is -0.0723. The first-order chi connectivity index (χ1) is 4.86. The number of methoxy groups -OCH3 is 1. The summed E-state index contributed by atoms with van der Waals surface area (Å²) in [6, 6.07) is 0. The van der Waals surface area contributed by atoms with E-state index in [1.54, 1.807) is 7.11 Å². The summed E-state index contributed by atoms with van der Waals surface area (Å²) in [6.07, 6.45) is 4.54. The van der Waals surface area contributed by atoms with Gasteiger partial charge in [-0.15, -0.1) is 6.58 Å². The molecule has 0 spiro atoms. The lowest BCUT2D eigenvalue weighted by Crippen LogP contribution is -2.30. The molecule has 1 aliphatic rings. The van der Waals surface area contributed by atoms with Crippen LogP contribution in [-0.4, -0.2) is 25.9 Å². The maximum atomic E-state index is 5.24. The molecule has 2 nitrogen and oxygen atoms in total. The zero-order valence-corrected chi connectivity index (χ0v) is 6.38. The van der Waals surface area contributed by atoms with Crippen molar-refractivity contribution in [1.29, 1.82) is 0 Å². The van der Waals surface area contributed by atoms with Crippen molar-refractivity contribution < 1.29 is 9.47 Å². The third-order valence-electron chi connectivity index (χ3n) is 1.85. The van der Waals surface area contributed by atoms with Crippen LogP contribution in [0.25, 0.3) is 0 Å². The maximum absolute atomic E-state index is 5.24. The molecule has 1 saturated heterocycles. The first-order valence-electron chi connectivity index (χ1n) is 3.63. The van der Waals surface area contributed by atoms with E-state index in [0.717, 1.165) is 13.0 Å². The molecule has 1 rings (SSSR count). The van der Waals surface area contributed by atoms with Gasteiger partial charge in [-0.3, -0.25) is 0 Å². The predicted octanol–water partition coefficient (Wildman–Crippen LogP) is 1.37. The van der Waals surface area contributed by atoms with Crippen LogP contribution in [0.4, 0.5) is 0 Å². The van der Waals surface area contributed by atoms with Crippen molar-refractivity contribution in [3.63, 3.8) is 0 Å². The van der Waals surface area contributed by atoms with Crippen LogP contribution in [-0.2, 0) is 9.47 Å². The first kappa shape index (κ1) is 7.76. The van der Waals surface area contributed by atoms with Crippen molar-refractivity contribution in [3.8, 4) is 0 Å². The summed E-state index contributed by atoms with van der Waals surface area (Å²) in [4.78, 5) is 0. The van der Waals surface area contributed by atoms with E-state index in [9.17, 15) is 0 Å².